The molecule has 0 saturated carbocycles. The van der Waals surface area contributed by atoms with Crippen molar-refractivity contribution in [1.82, 2.24) is 10.2 Å². The zero-order chi connectivity index (χ0) is 21.0. The van der Waals surface area contributed by atoms with Gasteiger partial charge in [-0.3, -0.25) is 14.4 Å². The van der Waals surface area contributed by atoms with Crippen molar-refractivity contribution in [2.45, 2.75) is 40.2 Å². The van der Waals surface area contributed by atoms with Gasteiger partial charge >= 0.3 is 0 Å². The van der Waals surface area contributed by atoms with E-state index in [2.05, 4.69) is 10.6 Å². The third-order valence-electron chi connectivity index (χ3n) is 5.11. The van der Waals surface area contributed by atoms with E-state index in [0.29, 0.717) is 18.5 Å². The maximum atomic E-state index is 12.3. The highest BCUT2D eigenvalue weighted by Crippen LogP contribution is 2.21. The van der Waals surface area contributed by atoms with Crippen LogP contribution < -0.4 is 10.6 Å². The lowest BCUT2D eigenvalue weighted by atomic mass is 10.1. The van der Waals surface area contributed by atoms with E-state index in [1.807, 2.05) is 49.9 Å². The number of hydrogen-bond donors (Lipinski definition) is 2. The van der Waals surface area contributed by atoms with E-state index in [0.717, 1.165) is 40.9 Å². The van der Waals surface area contributed by atoms with Crippen molar-refractivity contribution < 1.29 is 14.4 Å². The Bertz CT molecular complexity index is 912. The normalized spacial score (nSPS) is 13.5. The fourth-order valence-electron chi connectivity index (χ4n) is 3.68. The lowest BCUT2D eigenvalue weighted by Gasteiger charge is -2.15. The molecule has 6 nitrogen and oxygen atoms in total. The number of amides is 3. The molecule has 0 bridgehead atoms. The average molecular weight is 393 g/mol. The molecule has 2 aromatic carbocycles. The summed E-state index contributed by atoms with van der Waals surface area (Å²) in [5.74, 6) is -0.393. The molecule has 152 valence electrons. The number of benzene rings is 2. The Morgan fingerprint density at radius 2 is 1.69 bits per heavy atom. The third-order valence-corrected chi connectivity index (χ3v) is 5.11. The molecule has 6 heteroatoms. The van der Waals surface area contributed by atoms with Crippen molar-refractivity contribution in [3.05, 3.63) is 64.2 Å². The summed E-state index contributed by atoms with van der Waals surface area (Å²) in [5, 5.41) is 5.53. The molecule has 0 radical (unpaired) electrons. The molecule has 3 rings (SSSR count). The smallest absolute Gasteiger partial charge is 0.251 e. The van der Waals surface area contributed by atoms with Crippen LogP contribution in [0.2, 0.25) is 0 Å². The quantitative estimate of drug-likeness (QED) is 0.792. The van der Waals surface area contributed by atoms with Gasteiger partial charge < -0.3 is 15.5 Å². The summed E-state index contributed by atoms with van der Waals surface area (Å²) in [6, 6.07) is 11.2. The van der Waals surface area contributed by atoms with Gasteiger partial charge in [-0.2, -0.15) is 0 Å². The van der Waals surface area contributed by atoms with E-state index in [9.17, 15) is 14.4 Å². The fourth-order valence-corrected chi connectivity index (χ4v) is 3.68. The van der Waals surface area contributed by atoms with Gasteiger partial charge in [0.15, 0.2) is 0 Å². The molecular formula is C23H27N3O3. The predicted octanol–water partition coefficient (Wildman–Crippen LogP) is 3.10. The molecule has 2 aromatic rings. The Kier molecular flexibility index (Phi) is 6.32. The second-order valence-electron chi connectivity index (χ2n) is 7.62. The molecule has 1 heterocycles. The van der Waals surface area contributed by atoms with Gasteiger partial charge in [0.25, 0.3) is 5.91 Å². The maximum absolute atomic E-state index is 12.3. The minimum absolute atomic E-state index is 0.102. The van der Waals surface area contributed by atoms with E-state index in [1.54, 1.807) is 12.1 Å². The highest BCUT2D eigenvalue weighted by Gasteiger charge is 2.20. The zero-order valence-corrected chi connectivity index (χ0v) is 17.2. The van der Waals surface area contributed by atoms with E-state index < -0.39 is 0 Å². The van der Waals surface area contributed by atoms with Crippen LogP contribution in [0, 0.1) is 20.8 Å². The van der Waals surface area contributed by atoms with Crippen LogP contribution in [0.1, 0.15) is 45.5 Å². The van der Waals surface area contributed by atoms with Crippen LogP contribution in [0.25, 0.3) is 0 Å². The molecule has 0 aliphatic carbocycles. The number of likely N-dealkylation sites (tertiary alicyclic amines) is 1. The van der Waals surface area contributed by atoms with Gasteiger partial charge in [-0.05, 0) is 56.0 Å². The fraction of sp³-hybridized carbons (Fsp3) is 0.348. The summed E-state index contributed by atoms with van der Waals surface area (Å²) >= 11 is 0. The van der Waals surface area contributed by atoms with E-state index in [-0.39, 0.29) is 24.3 Å². The van der Waals surface area contributed by atoms with Crippen molar-refractivity contribution in [3.63, 3.8) is 0 Å². The van der Waals surface area contributed by atoms with Gasteiger partial charge in [-0.15, -0.1) is 0 Å². The second-order valence-corrected chi connectivity index (χ2v) is 7.62. The summed E-state index contributed by atoms with van der Waals surface area (Å²) < 4.78 is 0. The molecule has 0 spiro atoms. The van der Waals surface area contributed by atoms with Crippen LogP contribution in [0.15, 0.2) is 36.4 Å². The molecule has 1 saturated heterocycles. The van der Waals surface area contributed by atoms with E-state index in [4.69, 9.17) is 0 Å². The minimum Gasteiger partial charge on any atom is -0.343 e. The van der Waals surface area contributed by atoms with E-state index >= 15 is 0 Å². The molecule has 1 fully saturated rings. The summed E-state index contributed by atoms with van der Waals surface area (Å²) in [6.45, 7) is 7.17. The van der Waals surface area contributed by atoms with Crippen LogP contribution in [-0.4, -0.2) is 35.7 Å². The Morgan fingerprint density at radius 3 is 2.28 bits per heavy atom. The van der Waals surface area contributed by atoms with Gasteiger partial charge in [0.1, 0.15) is 0 Å². The van der Waals surface area contributed by atoms with Gasteiger partial charge in [0.05, 0.1) is 6.54 Å². The topological polar surface area (TPSA) is 78.5 Å². The highest BCUT2D eigenvalue weighted by atomic mass is 16.2. The first kappa shape index (κ1) is 20.6. The van der Waals surface area contributed by atoms with Crippen LogP contribution in [0.4, 0.5) is 5.69 Å². The number of nitrogens with one attached hydrogen (secondary N) is 2. The third kappa shape index (κ3) is 5.22. The van der Waals surface area contributed by atoms with Crippen molar-refractivity contribution in [2.75, 3.05) is 18.4 Å². The average Bonchev–Trinajstić information content (AvgIpc) is 3.08. The SMILES string of the molecule is Cc1cc(C)c(NC(=O)CNC(=O)c2ccc(CN3CCCC3=O)cc2)c(C)c1. The molecule has 29 heavy (non-hydrogen) atoms. The minimum atomic E-state index is -0.304. The molecule has 2 N–H and O–H groups in total. The van der Waals surface area contributed by atoms with Crippen molar-refractivity contribution in [1.29, 1.82) is 0 Å². The molecule has 3 amide bonds. The Hall–Kier alpha value is -3.15. The number of hydrogen-bond acceptors (Lipinski definition) is 3. The van der Waals surface area contributed by atoms with Crippen LogP contribution >= 0.6 is 0 Å². The Morgan fingerprint density at radius 1 is 1.03 bits per heavy atom. The zero-order valence-electron chi connectivity index (χ0n) is 17.2. The summed E-state index contributed by atoms with van der Waals surface area (Å²) in [4.78, 5) is 38.1. The second kappa shape index (κ2) is 8.90. The first-order valence-corrected chi connectivity index (χ1v) is 9.86. The first-order chi connectivity index (χ1) is 13.8. The number of rotatable bonds is 6. The van der Waals surface area contributed by atoms with Gasteiger partial charge in [0, 0.05) is 30.8 Å². The molecule has 0 aromatic heterocycles. The number of nitrogens with zero attached hydrogens (tertiary/aromatic N) is 1. The van der Waals surface area contributed by atoms with Crippen LogP contribution in [0.3, 0.4) is 0 Å². The lowest BCUT2D eigenvalue weighted by Crippen LogP contribution is -2.33. The predicted molar refractivity (Wildman–Crippen MR) is 113 cm³/mol. The largest absolute Gasteiger partial charge is 0.343 e. The highest BCUT2D eigenvalue weighted by molar-refractivity contribution is 5.99. The summed E-state index contributed by atoms with van der Waals surface area (Å²) in [5.41, 5.74) is 5.39. The first-order valence-electron chi connectivity index (χ1n) is 9.86. The van der Waals surface area contributed by atoms with Gasteiger partial charge in [-0.25, -0.2) is 0 Å². The van der Waals surface area contributed by atoms with Gasteiger partial charge in [-0.1, -0.05) is 29.8 Å². The monoisotopic (exact) mass is 393 g/mol. The standard InChI is InChI=1S/C23H27N3O3/c1-15-11-16(2)22(17(3)12-15)25-20(27)13-24-23(29)19-8-6-18(7-9-19)14-26-10-4-5-21(26)28/h6-9,11-12H,4-5,10,13-14H2,1-3H3,(H,24,29)(H,25,27). The van der Waals surface area contributed by atoms with Crippen LogP contribution in [0.5, 0.6) is 0 Å². The van der Waals surface area contributed by atoms with Crippen molar-refractivity contribution in [3.8, 4) is 0 Å². The molecule has 1 aliphatic heterocycles. The number of carbonyl (C=O) groups is 3. The van der Waals surface area contributed by atoms with Crippen LogP contribution in [-0.2, 0) is 16.1 Å². The molecular weight excluding hydrogens is 366 g/mol. The summed E-state index contributed by atoms with van der Waals surface area (Å²) in [6.07, 6.45) is 1.52. The number of aryl methyl sites for hydroxylation is 3. The summed E-state index contributed by atoms with van der Waals surface area (Å²) in [7, 11) is 0. The molecule has 0 atom stereocenters. The molecule has 1 aliphatic rings. The van der Waals surface area contributed by atoms with Crippen molar-refractivity contribution in [2.24, 2.45) is 0 Å². The molecule has 0 unspecified atom stereocenters. The Labute approximate surface area is 171 Å². The van der Waals surface area contributed by atoms with E-state index in [1.165, 1.54) is 0 Å². The van der Waals surface area contributed by atoms with Gasteiger partial charge in [0.2, 0.25) is 11.8 Å². The lowest BCUT2D eigenvalue weighted by molar-refractivity contribution is -0.128. The number of anilines is 1. The van der Waals surface area contributed by atoms with Crippen molar-refractivity contribution >= 4 is 23.4 Å². The Balaban J connectivity index is 1.52. The number of carbonyl (C=O) groups excluding carboxylic acids is 3. The maximum Gasteiger partial charge on any atom is 0.251 e.